The molecule has 0 aliphatic rings. The summed E-state index contributed by atoms with van der Waals surface area (Å²) < 4.78 is 10.5. The fourth-order valence-corrected chi connectivity index (χ4v) is 2.89. The van der Waals surface area contributed by atoms with Crippen LogP contribution in [0, 0.1) is 0 Å². The van der Waals surface area contributed by atoms with Crippen molar-refractivity contribution in [1.82, 2.24) is 0 Å². The molecule has 2 aromatic rings. The van der Waals surface area contributed by atoms with Crippen molar-refractivity contribution in [2.75, 3.05) is 0 Å². The van der Waals surface area contributed by atoms with Crippen LogP contribution < -0.4 is 0 Å². The molecule has 0 N–H and O–H groups in total. The Bertz CT molecular complexity index is 813. The first-order chi connectivity index (χ1) is 14.1. The van der Waals surface area contributed by atoms with E-state index in [1.807, 2.05) is 19.1 Å². The van der Waals surface area contributed by atoms with Gasteiger partial charge in [-0.25, -0.2) is 9.59 Å². The number of hydrogen-bond donors (Lipinski definition) is 0. The number of unbranched alkanes of at least 4 members (excludes halogenated alkanes) is 2. The SMILES string of the molecule is CCCCC(=O)OC(=O)C(OC(=O)c1ccccc1CCCC)c1ccccc1. The molecule has 2 aromatic carbocycles. The summed E-state index contributed by atoms with van der Waals surface area (Å²) in [6.07, 6.45) is 2.99. The first-order valence-corrected chi connectivity index (χ1v) is 10.1. The second-order valence-electron chi connectivity index (χ2n) is 6.85. The standard InChI is InChI=1S/C24H28O5/c1-3-5-12-18-13-10-11-16-20(18)23(26)29-22(19-14-8-7-9-15-19)24(27)28-21(25)17-6-4-2/h7-11,13-16,22H,3-6,12,17H2,1-2H3. The minimum Gasteiger partial charge on any atom is -0.442 e. The number of carbonyl (C=O) groups is 3. The van der Waals surface area contributed by atoms with Gasteiger partial charge in [0.2, 0.25) is 6.10 Å². The Labute approximate surface area is 172 Å². The third kappa shape index (κ3) is 6.86. The maximum absolute atomic E-state index is 12.9. The average molecular weight is 396 g/mol. The highest BCUT2D eigenvalue weighted by molar-refractivity contribution is 5.94. The van der Waals surface area contributed by atoms with Crippen LogP contribution in [0.25, 0.3) is 0 Å². The van der Waals surface area contributed by atoms with Crippen molar-refractivity contribution in [3.05, 3.63) is 71.3 Å². The van der Waals surface area contributed by atoms with E-state index < -0.39 is 24.0 Å². The summed E-state index contributed by atoms with van der Waals surface area (Å²) in [4.78, 5) is 37.4. The number of ether oxygens (including phenoxy) is 2. The summed E-state index contributed by atoms with van der Waals surface area (Å²) >= 11 is 0. The topological polar surface area (TPSA) is 69.7 Å². The summed E-state index contributed by atoms with van der Waals surface area (Å²) in [5, 5.41) is 0. The summed E-state index contributed by atoms with van der Waals surface area (Å²) in [7, 11) is 0. The highest BCUT2D eigenvalue weighted by atomic mass is 16.6. The predicted molar refractivity (Wildman–Crippen MR) is 110 cm³/mol. The van der Waals surface area contributed by atoms with Crippen LogP contribution in [-0.2, 0) is 25.5 Å². The molecule has 0 saturated carbocycles. The summed E-state index contributed by atoms with van der Waals surface area (Å²) in [5.41, 5.74) is 1.76. The maximum atomic E-state index is 12.9. The predicted octanol–water partition coefficient (Wildman–Crippen LogP) is 5.19. The number of carbonyl (C=O) groups excluding carboxylic acids is 3. The first-order valence-electron chi connectivity index (χ1n) is 10.1. The lowest BCUT2D eigenvalue weighted by atomic mass is 10.0. The molecule has 0 spiro atoms. The largest absolute Gasteiger partial charge is 0.442 e. The lowest BCUT2D eigenvalue weighted by Crippen LogP contribution is -2.25. The van der Waals surface area contributed by atoms with E-state index in [1.54, 1.807) is 42.5 Å². The third-order valence-corrected chi connectivity index (χ3v) is 4.53. The van der Waals surface area contributed by atoms with Gasteiger partial charge in [-0.15, -0.1) is 0 Å². The van der Waals surface area contributed by atoms with Crippen molar-refractivity contribution in [3.63, 3.8) is 0 Å². The van der Waals surface area contributed by atoms with E-state index in [1.165, 1.54) is 0 Å². The fraction of sp³-hybridized carbons (Fsp3) is 0.375. The molecule has 0 aliphatic heterocycles. The Morgan fingerprint density at radius 3 is 2.21 bits per heavy atom. The van der Waals surface area contributed by atoms with Crippen LogP contribution in [-0.4, -0.2) is 17.9 Å². The van der Waals surface area contributed by atoms with Gasteiger partial charge in [-0.05, 0) is 30.9 Å². The van der Waals surface area contributed by atoms with Crippen molar-refractivity contribution in [1.29, 1.82) is 0 Å². The molecule has 0 saturated heterocycles. The highest BCUT2D eigenvalue weighted by Gasteiger charge is 2.29. The maximum Gasteiger partial charge on any atom is 0.359 e. The van der Waals surface area contributed by atoms with Crippen LogP contribution in [0.2, 0.25) is 0 Å². The van der Waals surface area contributed by atoms with Gasteiger partial charge in [-0.3, -0.25) is 4.79 Å². The van der Waals surface area contributed by atoms with Crippen molar-refractivity contribution in [2.24, 2.45) is 0 Å². The molecule has 0 amide bonds. The van der Waals surface area contributed by atoms with E-state index >= 15 is 0 Å². The van der Waals surface area contributed by atoms with Crippen molar-refractivity contribution < 1.29 is 23.9 Å². The van der Waals surface area contributed by atoms with Gasteiger partial charge in [-0.2, -0.15) is 0 Å². The van der Waals surface area contributed by atoms with Crippen LogP contribution in [0.1, 0.15) is 73.5 Å². The Balaban J connectivity index is 2.21. The number of esters is 3. The fourth-order valence-electron chi connectivity index (χ4n) is 2.89. The molecule has 29 heavy (non-hydrogen) atoms. The van der Waals surface area contributed by atoms with Gasteiger partial charge in [0.05, 0.1) is 5.56 Å². The summed E-state index contributed by atoms with van der Waals surface area (Å²) in [5.74, 6) is -2.10. The van der Waals surface area contributed by atoms with E-state index in [-0.39, 0.29) is 6.42 Å². The molecule has 2 rings (SSSR count). The molecular formula is C24H28O5. The lowest BCUT2D eigenvalue weighted by molar-refractivity contribution is -0.166. The molecule has 0 fully saturated rings. The Morgan fingerprint density at radius 1 is 0.862 bits per heavy atom. The number of rotatable bonds is 10. The van der Waals surface area contributed by atoms with Crippen LogP contribution >= 0.6 is 0 Å². The molecular weight excluding hydrogens is 368 g/mol. The molecule has 0 aromatic heterocycles. The van der Waals surface area contributed by atoms with Gasteiger partial charge in [0.1, 0.15) is 0 Å². The molecule has 154 valence electrons. The van der Waals surface area contributed by atoms with Gasteiger partial charge in [-0.1, -0.05) is 75.2 Å². The summed E-state index contributed by atoms with van der Waals surface area (Å²) in [6.45, 7) is 4.03. The summed E-state index contributed by atoms with van der Waals surface area (Å²) in [6, 6.07) is 15.8. The zero-order valence-electron chi connectivity index (χ0n) is 17.1. The minimum atomic E-state index is -1.30. The van der Waals surface area contributed by atoms with Gasteiger partial charge in [0.25, 0.3) is 0 Å². The normalized spacial score (nSPS) is 11.5. The van der Waals surface area contributed by atoms with Gasteiger partial charge < -0.3 is 9.47 Å². The van der Waals surface area contributed by atoms with Crippen molar-refractivity contribution >= 4 is 17.9 Å². The zero-order chi connectivity index (χ0) is 21.1. The monoisotopic (exact) mass is 396 g/mol. The third-order valence-electron chi connectivity index (χ3n) is 4.53. The number of hydrogen-bond acceptors (Lipinski definition) is 5. The molecule has 1 unspecified atom stereocenters. The van der Waals surface area contributed by atoms with E-state index in [0.717, 1.165) is 31.2 Å². The molecule has 0 radical (unpaired) electrons. The van der Waals surface area contributed by atoms with Crippen LogP contribution in [0.4, 0.5) is 0 Å². The Morgan fingerprint density at radius 2 is 1.52 bits per heavy atom. The molecule has 0 bridgehead atoms. The molecule has 0 heterocycles. The quantitative estimate of drug-likeness (QED) is 0.408. The van der Waals surface area contributed by atoms with Crippen LogP contribution in [0.3, 0.4) is 0 Å². The Kier molecular flexibility index (Phi) is 9.09. The number of benzene rings is 2. The van der Waals surface area contributed by atoms with Crippen molar-refractivity contribution in [3.8, 4) is 0 Å². The lowest BCUT2D eigenvalue weighted by Gasteiger charge is -2.18. The van der Waals surface area contributed by atoms with E-state index in [4.69, 9.17) is 9.47 Å². The second kappa shape index (κ2) is 11.8. The smallest absolute Gasteiger partial charge is 0.359 e. The van der Waals surface area contributed by atoms with E-state index in [2.05, 4.69) is 6.92 Å². The molecule has 5 nitrogen and oxygen atoms in total. The van der Waals surface area contributed by atoms with Gasteiger partial charge in [0.15, 0.2) is 0 Å². The van der Waals surface area contributed by atoms with Crippen LogP contribution in [0.15, 0.2) is 54.6 Å². The molecule has 5 heteroatoms. The first kappa shape index (κ1) is 22.3. The number of aryl methyl sites for hydroxylation is 1. The average Bonchev–Trinajstić information content (AvgIpc) is 2.75. The second-order valence-corrected chi connectivity index (χ2v) is 6.85. The van der Waals surface area contributed by atoms with Crippen molar-refractivity contribution in [2.45, 2.75) is 58.5 Å². The Hall–Kier alpha value is -2.95. The molecule has 1 atom stereocenters. The highest BCUT2D eigenvalue weighted by Crippen LogP contribution is 2.23. The van der Waals surface area contributed by atoms with Crippen LogP contribution in [0.5, 0.6) is 0 Å². The van der Waals surface area contributed by atoms with Gasteiger partial charge >= 0.3 is 17.9 Å². The molecule has 0 aliphatic carbocycles. The zero-order valence-corrected chi connectivity index (χ0v) is 17.1. The van der Waals surface area contributed by atoms with E-state index in [0.29, 0.717) is 17.5 Å². The van der Waals surface area contributed by atoms with Gasteiger partial charge in [0, 0.05) is 12.0 Å². The minimum absolute atomic E-state index is 0.150. The van der Waals surface area contributed by atoms with E-state index in [9.17, 15) is 14.4 Å².